The van der Waals surface area contributed by atoms with Gasteiger partial charge in [0.1, 0.15) is 0 Å². The molecular formula is C17H23N3. The van der Waals surface area contributed by atoms with Crippen molar-refractivity contribution < 1.29 is 0 Å². The van der Waals surface area contributed by atoms with Crippen molar-refractivity contribution in [2.45, 2.75) is 38.5 Å². The molecule has 0 saturated heterocycles. The molecule has 1 fully saturated rings. The van der Waals surface area contributed by atoms with Gasteiger partial charge in [-0.25, -0.2) is 4.98 Å². The Kier molecular flexibility index (Phi) is 4.36. The van der Waals surface area contributed by atoms with Crippen LogP contribution in [0.1, 0.15) is 38.5 Å². The fourth-order valence-electron chi connectivity index (χ4n) is 3.02. The highest BCUT2D eigenvalue weighted by atomic mass is 15.0. The first kappa shape index (κ1) is 13.2. The third-order valence-electron chi connectivity index (χ3n) is 4.22. The zero-order valence-corrected chi connectivity index (χ0v) is 12.0. The Balaban J connectivity index is 1.61. The van der Waals surface area contributed by atoms with Crippen LogP contribution in [0.3, 0.4) is 0 Å². The van der Waals surface area contributed by atoms with E-state index in [4.69, 9.17) is 0 Å². The fraction of sp³-hybridized carbons (Fsp3) is 0.471. The van der Waals surface area contributed by atoms with Crippen molar-refractivity contribution >= 4 is 5.69 Å². The van der Waals surface area contributed by atoms with E-state index in [0.29, 0.717) is 0 Å². The number of rotatable bonds is 4. The van der Waals surface area contributed by atoms with Gasteiger partial charge in [-0.05, 0) is 37.0 Å². The molecule has 1 aromatic carbocycles. The summed E-state index contributed by atoms with van der Waals surface area (Å²) in [5.74, 6) is 0.842. The number of aromatic nitrogens is 2. The lowest BCUT2D eigenvalue weighted by Gasteiger charge is -2.16. The summed E-state index contributed by atoms with van der Waals surface area (Å²) in [5, 5.41) is 3.61. The first-order chi connectivity index (χ1) is 9.92. The van der Waals surface area contributed by atoms with Gasteiger partial charge in [-0.2, -0.15) is 0 Å². The molecular weight excluding hydrogens is 246 g/mol. The molecule has 0 atom stereocenters. The Morgan fingerprint density at radius 2 is 2.00 bits per heavy atom. The van der Waals surface area contributed by atoms with E-state index in [1.807, 2.05) is 23.3 Å². The van der Waals surface area contributed by atoms with Crippen molar-refractivity contribution in [1.82, 2.24) is 9.55 Å². The first-order valence-corrected chi connectivity index (χ1v) is 7.74. The van der Waals surface area contributed by atoms with Gasteiger partial charge in [0.05, 0.1) is 6.33 Å². The summed E-state index contributed by atoms with van der Waals surface area (Å²) in [4.78, 5) is 4.10. The number of nitrogens with one attached hydrogen (secondary N) is 1. The number of anilines is 1. The van der Waals surface area contributed by atoms with E-state index < -0.39 is 0 Å². The predicted octanol–water partition coefficient (Wildman–Crippen LogP) is 4.25. The average molecular weight is 269 g/mol. The highest BCUT2D eigenvalue weighted by Crippen LogP contribution is 2.23. The molecule has 0 spiro atoms. The van der Waals surface area contributed by atoms with Crippen molar-refractivity contribution in [3.63, 3.8) is 0 Å². The first-order valence-electron chi connectivity index (χ1n) is 7.74. The van der Waals surface area contributed by atoms with Crippen molar-refractivity contribution in [1.29, 1.82) is 0 Å². The minimum absolute atomic E-state index is 0.842. The maximum Gasteiger partial charge on any atom is 0.0991 e. The summed E-state index contributed by atoms with van der Waals surface area (Å²) in [6, 6.07) is 8.55. The zero-order valence-electron chi connectivity index (χ0n) is 12.0. The van der Waals surface area contributed by atoms with E-state index in [0.717, 1.165) is 18.2 Å². The molecule has 0 radical (unpaired) electrons. The Morgan fingerprint density at radius 1 is 1.15 bits per heavy atom. The molecule has 0 amide bonds. The Labute approximate surface area is 121 Å². The summed E-state index contributed by atoms with van der Waals surface area (Å²) in [6.45, 7) is 1.10. The molecule has 20 heavy (non-hydrogen) atoms. The van der Waals surface area contributed by atoms with E-state index in [1.54, 1.807) is 0 Å². The highest BCUT2D eigenvalue weighted by Gasteiger charge is 2.11. The van der Waals surface area contributed by atoms with Crippen molar-refractivity contribution in [2.24, 2.45) is 5.92 Å². The van der Waals surface area contributed by atoms with Crippen LogP contribution in [-0.2, 0) is 0 Å². The SMILES string of the molecule is c1cc(NCC2CCCCCC2)cc(-n2ccnc2)c1. The largest absolute Gasteiger partial charge is 0.385 e. The summed E-state index contributed by atoms with van der Waals surface area (Å²) in [7, 11) is 0. The minimum atomic E-state index is 0.842. The zero-order chi connectivity index (χ0) is 13.6. The molecule has 3 nitrogen and oxygen atoms in total. The molecule has 106 valence electrons. The lowest BCUT2D eigenvalue weighted by atomic mass is 10.0. The van der Waals surface area contributed by atoms with Crippen LogP contribution in [-0.4, -0.2) is 16.1 Å². The molecule has 1 aromatic heterocycles. The minimum Gasteiger partial charge on any atom is -0.385 e. The number of nitrogens with zero attached hydrogens (tertiary/aromatic N) is 2. The maximum absolute atomic E-state index is 4.10. The third kappa shape index (κ3) is 3.41. The molecule has 2 aromatic rings. The lowest BCUT2D eigenvalue weighted by molar-refractivity contribution is 0.483. The number of hydrogen-bond donors (Lipinski definition) is 1. The Hall–Kier alpha value is -1.77. The molecule has 1 heterocycles. The number of benzene rings is 1. The topological polar surface area (TPSA) is 29.9 Å². The second-order valence-corrected chi connectivity index (χ2v) is 5.76. The van der Waals surface area contributed by atoms with Gasteiger partial charge in [-0.15, -0.1) is 0 Å². The predicted molar refractivity (Wildman–Crippen MR) is 83.2 cm³/mol. The third-order valence-corrected chi connectivity index (χ3v) is 4.22. The molecule has 1 N–H and O–H groups in total. The van der Waals surface area contributed by atoms with Gasteiger partial charge in [0.2, 0.25) is 0 Å². The van der Waals surface area contributed by atoms with Crippen LogP contribution in [0.25, 0.3) is 5.69 Å². The molecule has 0 unspecified atom stereocenters. The highest BCUT2D eigenvalue weighted by molar-refractivity contribution is 5.51. The smallest absolute Gasteiger partial charge is 0.0991 e. The van der Waals surface area contributed by atoms with Crippen molar-refractivity contribution in [3.8, 4) is 5.69 Å². The standard InChI is InChI=1S/C17H23N3/c1-2-4-7-15(6-3-1)13-19-16-8-5-9-17(12-16)20-11-10-18-14-20/h5,8-12,14-15,19H,1-4,6-7,13H2. The molecule has 0 aliphatic heterocycles. The monoisotopic (exact) mass is 269 g/mol. The molecule has 1 saturated carbocycles. The van der Waals surface area contributed by atoms with Gasteiger partial charge in [0.15, 0.2) is 0 Å². The number of imidazole rings is 1. The summed E-state index contributed by atoms with van der Waals surface area (Å²) in [6.07, 6.45) is 14.0. The second-order valence-electron chi connectivity index (χ2n) is 5.76. The van der Waals surface area contributed by atoms with E-state index in [2.05, 4.69) is 34.6 Å². The Bertz CT molecular complexity index is 511. The van der Waals surface area contributed by atoms with Gasteiger partial charge in [-0.1, -0.05) is 31.7 Å². The van der Waals surface area contributed by atoms with Crippen molar-refractivity contribution in [3.05, 3.63) is 43.0 Å². The summed E-state index contributed by atoms with van der Waals surface area (Å²) in [5.41, 5.74) is 2.37. The van der Waals surface area contributed by atoms with Crippen LogP contribution >= 0.6 is 0 Å². The molecule has 1 aliphatic carbocycles. The summed E-state index contributed by atoms with van der Waals surface area (Å²) < 4.78 is 2.04. The van der Waals surface area contributed by atoms with E-state index in [1.165, 1.54) is 44.2 Å². The fourth-order valence-corrected chi connectivity index (χ4v) is 3.02. The van der Waals surface area contributed by atoms with E-state index >= 15 is 0 Å². The van der Waals surface area contributed by atoms with E-state index in [-0.39, 0.29) is 0 Å². The molecule has 3 heteroatoms. The van der Waals surface area contributed by atoms with Crippen molar-refractivity contribution in [2.75, 3.05) is 11.9 Å². The summed E-state index contributed by atoms with van der Waals surface area (Å²) >= 11 is 0. The van der Waals surface area contributed by atoms with Gasteiger partial charge in [-0.3, -0.25) is 0 Å². The van der Waals surface area contributed by atoms with Crippen LogP contribution in [0, 0.1) is 5.92 Å². The molecule has 3 rings (SSSR count). The average Bonchev–Trinajstić information content (AvgIpc) is 2.90. The van der Waals surface area contributed by atoms with Crippen LogP contribution in [0.5, 0.6) is 0 Å². The quantitative estimate of drug-likeness (QED) is 0.841. The van der Waals surface area contributed by atoms with Gasteiger partial charge < -0.3 is 9.88 Å². The van der Waals surface area contributed by atoms with Crippen LogP contribution < -0.4 is 5.32 Å². The maximum atomic E-state index is 4.10. The normalized spacial score (nSPS) is 16.8. The Morgan fingerprint density at radius 3 is 2.75 bits per heavy atom. The molecule has 1 aliphatic rings. The van der Waals surface area contributed by atoms with Crippen LogP contribution in [0.15, 0.2) is 43.0 Å². The second kappa shape index (κ2) is 6.60. The van der Waals surface area contributed by atoms with Gasteiger partial charge >= 0.3 is 0 Å². The van der Waals surface area contributed by atoms with Crippen LogP contribution in [0.4, 0.5) is 5.69 Å². The van der Waals surface area contributed by atoms with Crippen LogP contribution in [0.2, 0.25) is 0 Å². The lowest BCUT2D eigenvalue weighted by Crippen LogP contribution is -2.13. The molecule has 0 bridgehead atoms. The van der Waals surface area contributed by atoms with Gasteiger partial charge in [0.25, 0.3) is 0 Å². The number of hydrogen-bond acceptors (Lipinski definition) is 2. The van der Waals surface area contributed by atoms with E-state index in [9.17, 15) is 0 Å². The van der Waals surface area contributed by atoms with Gasteiger partial charge in [0, 0.05) is 30.3 Å².